The highest BCUT2D eigenvalue weighted by Gasteiger charge is 2.29. The maximum atomic E-state index is 12.9. The fourth-order valence-corrected chi connectivity index (χ4v) is 5.94. The fourth-order valence-electron chi connectivity index (χ4n) is 5.94. The number of hydrogen-bond acceptors (Lipinski definition) is 2. The van der Waals surface area contributed by atoms with Gasteiger partial charge >= 0.3 is 0 Å². The highest BCUT2D eigenvalue weighted by Crippen LogP contribution is 2.36. The largest absolute Gasteiger partial charge is 0.326 e. The smallest absolute Gasteiger partial charge is 0.224 e. The predicted molar refractivity (Wildman–Crippen MR) is 174 cm³/mol. The van der Waals surface area contributed by atoms with Crippen LogP contribution in [0.25, 0.3) is 0 Å². The van der Waals surface area contributed by atoms with Gasteiger partial charge in [0, 0.05) is 17.6 Å². The van der Waals surface area contributed by atoms with E-state index in [9.17, 15) is 4.79 Å². The van der Waals surface area contributed by atoms with Crippen molar-refractivity contribution in [2.45, 2.75) is 187 Å². The normalized spacial score (nSPS) is 11.7. The highest BCUT2D eigenvalue weighted by atomic mass is 16.1. The number of benzene rings is 1. The average molecular weight is 543 g/mol. The second-order valence-electron chi connectivity index (χ2n) is 12.2. The Hall–Kier alpha value is -1.35. The molecule has 0 spiro atoms. The van der Waals surface area contributed by atoms with Gasteiger partial charge in [-0.1, -0.05) is 162 Å². The zero-order valence-corrected chi connectivity index (χ0v) is 26.7. The molecule has 0 aliphatic rings. The van der Waals surface area contributed by atoms with Crippen molar-refractivity contribution in [2.24, 2.45) is 5.73 Å². The molecular weight excluding hydrogens is 476 g/mol. The molecule has 1 aromatic rings. The standard InChI is InChI=1S/C36H66N2O/c1-5-9-12-13-14-15-16-17-18-19-20-21-22-23-24-29-35(39)38-34-28-25-27-33(32(34)26-8-4)36(37,30-10-6-2)31-11-7-3/h25,27-28H,5-24,26,29-31,37H2,1-4H3,(H,38,39). The van der Waals surface area contributed by atoms with E-state index in [-0.39, 0.29) is 11.4 Å². The van der Waals surface area contributed by atoms with Gasteiger partial charge < -0.3 is 11.1 Å². The fraction of sp³-hybridized carbons (Fsp3) is 0.806. The van der Waals surface area contributed by atoms with Crippen LogP contribution in [-0.4, -0.2) is 5.91 Å². The SMILES string of the molecule is CCCCCCCCCCCCCCCCCC(=O)Nc1cccc(C(N)(CCCC)CCCC)c1CCC. The summed E-state index contributed by atoms with van der Waals surface area (Å²) in [7, 11) is 0. The van der Waals surface area contributed by atoms with E-state index in [1.165, 1.54) is 94.6 Å². The molecule has 1 amide bonds. The van der Waals surface area contributed by atoms with Crippen LogP contribution in [0.4, 0.5) is 5.69 Å². The number of unbranched alkanes of at least 4 members (excludes halogenated alkanes) is 16. The van der Waals surface area contributed by atoms with E-state index in [0.717, 1.165) is 69.9 Å². The van der Waals surface area contributed by atoms with E-state index in [2.05, 4.69) is 51.2 Å². The summed E-state index contributed by atoms with van der Waals surface area (Å²) in [5.41, 5.74) is 10.3. The van der Waals surface area contributed by atoms with Gasteiger partial charge in [0.15, 0.2) is 0 Å². The zero-order valence-electron chi connectivity index (χ0n) is 26.7. The summed E-state index contributed by atoms with van der Waals surface area (Å²) in [6, 6.07) is 6.40. The summed E-state index contributed by atoms with van der Waals surface area (Å²) < 4.78 is 0. The zero-order chi connectivity index (χ0) is 28.6. The van der Waals surface area contributed by atoms with Crippen LogP contribution in [0.1, 0.15) is 187 Å². The van der Waals surface area contributed by atoms with Crippen molar-refractivity contribution >= 4 is 11.6 Å². The molecule has 1 rings (SSSR count). The number of rotatable bonds is 26. The third kappa shape index (κ3) is 15.9. The molecule has 0 fully saturated rings. The molecule has 0 saturated heterocycles. The van der Waals surface area contributed by atoms with Gasteiger partial charge in [-0.2, -0.15) is 0 Å². The average Bonchev–Trinajstić information content (AvgIpc) is 2.94. The van der Waals surface area contributed by atoms with Crippen molar-refractivity contribution < 1.29 is 4.79 Å². The van der Waals surface area contributed by atoms with Gasteiger partial charge in [0.2, 0.25) is 5.91 Å². The molecule has 0 aromatic heterocycles. The van der Waals surface area contributed by atoms with E-state index in [1.54, 1.807) is 0 Å². The molecule has 0 atom stereocenters. The number of anilines is 1. The summed E-state index contributed by atoms with van der Waals surface area (Å²) >= 11 is 0. The Labute approximate surface area is 243 Å². The quantitative estimate of drug-likeness (QED) is 0.114. The van der Waals surface area contributed by atoms with Crippen LogP contribution in [0.3, 0.4) is 0 Å². The maximum Gasteiger partial charge on any atom is 0.224 e. The van der Waals surface area contributed by atoms with Crippen LogP contribution in [-0.2, 0) is 16.8 Å². The summed E-state index contributed by atoms with van der Waals surface area (Å²) in [6.07, 6.45) is 29.4. The molecule has 0 bridgehead atoms. The second kappa shape index (κ2) is 23.4. The van der Waals surface area contributed by atoms with E-state index < -0.39 is 0 Å². The number of nitrogens with two attached hydrogens (primary N) is 1. The molecule has 0 saturated carbocycles. The van der Waals surface area contributed by atoms with Crippen LogP contribution >= 0.6 is 0 Å². The first kappa shape index (κ1) is 35.7. The molecular formula is C36H66N2O. The van der Waals surface area contributed by atoms with E-state index in [1.807, 2.05) is 0 Å². The lowest BCUT2D eigenvalue weighted by atomic mass is 9.78. The van der Waals surface area contributed by atoms with Crippen LogP contribution < -0.4 is 11.1 Å². The van der Waals surface area contributed by atoms with E-state index in [0.29, 0.717) is 6.42 Å². The summed E-state index contributed by atoms with van der Waals surface area (Å²) in [5.74, 6) is 0.156. The van der Waals surface area contributed by atoms with Gasteiger partial charge in [0.1, 0.15) is 0 Å². The minimum Gasteiger partial charge on any atom is -0.326 e. The molecule has 0 aliphatic carbocycles. The van der Waals surface area contributed by atoms with Crippen molar-refractivity contribution in [2.75, 3.05) is 5.32 Å². The van der Waals surface area contributed by atoms with Crippen LogP contribution in [0.2, 0.25) is 0 Å². The second-order valence-corrected chi connectivity index (χ2v) is 12.2. The minimum atomic E-state index is -0.300. The van der Waals surface area contributed by atoms with Gasteiger partial charge in [0.25, 0.3) is 0 Å². The Kier molecular flexibility index (Phi) is 21.4. The number of carbonyl (C=O) groups is 1. The lowest BCUT2D eigenvalue weighted by Gasteiger charge is -2.33. The summed E-state index contributed by atoms with van der Waals surface area (Å²) in [5, 5.41) is 3.28. The topological polar surface area (TPSA) is 55.1 Å². The Morgan fingerprint density at radius 3 is 1.56 bits per heavy atom. The van der Waals surface area contributed by atoms with Gasteiger partial charge in [-0.3, -0.25) is 4.79 Å². The Morgan fingerprint density at radius 2 is 1.10 bits per heavy atom. The molecule has 0 radical (unpaired) electrons. The number of nitrogens with one attached hydrogen (secondary N) is 1. The molecule has 3 N–H and O–H groups in total. The third-order valence-electron chi connectivity index (χ3n) is 8.45. The first-order chi connectivity index (χ1) is 19.0. The van der Waals surface area contributed by atoms with Crippen molar-refractivity contribution in [3.8, 4) is 0 Å². The molecule has 1 aromatic carbocycles. The minimum absolute atomic E-state index is 0.156. The Bertz CT molecular complexity index is 721. The lowest BCUT2D eigenvalue weighted by molar-refractivity contribution is -0.116. The first-order valence-corrected chi connectivity index (χ1v) is 17.2. The first-order valence-electron chi connectivity index (χ1n) is 17.2. The molecule has 3 nitrogen and oxygen atoms in total. The molecule has 3 heteroatoms. The van der Waals surface area contributed by atoms with Gasteiger partial charge in [-0.05, 0) is 42.9 Å². The predicted octanol–water partition coefficient (Wildman–Crippen LogP) is 11.4. The maximum absolute atomic E-state index is 12.9. The van der Waals surface area contributed by atoms with Gasteiger partial charge in [0.05, 0.1) is 0 Å². The summed E-state index contributed by atoms with van der Waals surface area (Å²) in [4.78, 5) is 12.9. The molecule has 0 aliphatic heterocycles. The Balaban J connectivity index is 2.38. The molecule has 0 unspecified atom stereocenters. The van der Waals surface area contributed by atoms with E-state index in [4.69, 9.17) is 5.73 Å². The van der Waals surface area contributed by atoms with Crippen LogP contribution in [0, 0.1) is 0 Å². The number of hydrogen-bond donors (Lipinski definition) is 2. The summed E-state index contributed by atoms with van der Waals surface area (Å²) in [6.45, 7) is 8.98. The van der Waals surface area contributed by atoms with E-state index >= 15 is 0 Å². The van der Waals surface area contributed by atoms with Crippen molar-refractivity contribution in [1.29, 1.82) is 0 Å². The monoisotopic (exact) mass is 543 g/mol. The van der Waals surface area contributed by atoms with Gasteiger partial charge in [-0.15, -0.1) is 0 Å². The molecule has 39 heavy (non-hydrogen) atoms. The van der Waals surface area contributed by atoms with Crippen molar-refractivity contribution in [3.63, 3.8) is 0 Å². The molecule has 0 heterocycles. The highest BCUT2D eigenvalue weighted by molar-refractivity contribution is 5.91. The van der Waals surface area contributed by atoms with Crippen LogP contribution in [0.15, 0.2) is 18.2 Å². The van der Waals surface area contributed by atoms with Crippen molar-refractivity contribution in [1.82, 2.24) is 0 Å². The van der Waals surface area contributed by atoms with Gasteiger partial charge in [-0.25, -0.2) is 0 Å². The van der Waals surface area contributed by atoms with Crippen LogP contribution in [0.5, 0.6) is 0 Å². The lowest BCUT2D eigenvalue weighted by Crippen LogP contribution is -2.38. The number of amides is 1. The third-order valence-corrected chi connectivity index (χ3v) is 8.45. The molecule has 226 valence electrons. The Morgan fingerprint density at radius 1 is 0.641 bits per heavy atom. The number of carbonyl (C=O) groups excluding carboxylic acids is 1. The van der Waals surface area contributed by atoms with Crippen molar-refractivity contribution in [3.05, 3.63) is 29.3 Å².